The van der Waals surface area contributed by atoms with Crippen molar-refractivity contribution in [3.05, 3.63) is 28.0 Å². The summed E-state index contributed by atoms with van der Waals surface area (Å²) in [6, 6.07) is 0.111. The standard InChI is InChI=1S/C15H21N5O2S/c1-10-9-23-14(16-10)6-11(2)20-8-13(17-18-20)15(21)19-5-4-12(7-19)22-3/h8-9,11-12H,4-7H2,1-3H3. The lowest BCUT2D eigenvalue weighted by Crippen LogP contribution is -2.30. The molecule has 2 atom stereocenters. The lowest BCUT2D eigenvalue weighted by Gasteiger charge is -2.14. The number of ether oxygens (including phenoxy) is 1. The molecule has 23 heavy (non-hydrogen) atoms. The summed E-state index contributed by atoms with van der Waals surface area (Å²) in [4.78, 5) is 18.7. The molecule has 2 aromatic heterocycles. The molecular weight excluding hydrogens is 314 g/mol. The smallest absolute Gasteiger partial charge is 0.276 e. The predicted octanol–water partition coefficient (Wildman–Crippen LogP) is 1.71. The van der Waals surface area contributed by atoms with Crippen LogP contribution in [0.2, 0.25) is 0 Å². The quantitative estimate of drug-likeness (QED) is 0.832. The molecule has 2 aromatic rings. The molecule has 1 aliphatic heterocycles. The number of rotatable bonds is 5. The van der Waals surface area contributed by atoms with E-state index in [1.165, 1.54) is 0 Å². The van der Waals surface area contributed by atoms with Crippen molar-refractivity contribution in [2.45, 2.75) is 38.8 Å². The summed E-state index contributed by atoms with van der Waals surface area (Å²) >= 11 is 1.65. The summed E-state index contributed by atoms with van der Waals surface area (Å²) in [5.74, 6) is -0.0758. The van der Waals surface area contributed by atoms with Crippen LogP contribution in [0.3, 0.4) is 0 Å². The first-order valence-corrected chi connectivity index (χ1v) is 8.59. The summed E-state index contributed by atoms with van der Waals surface area (Å²) < 4.78 is 7.04. The number of hydrogen-bond donors (Lipinski definition) is 0. The molecule has 1 amide bonds. The van der Waals surface area contributed by atoms with E-state index in [4.69, 9.17) is 4.74 Å². The minimum Gasteiger partial charge on any atom is -0.380 e. The first-order valence-electron chi connectivity index (χ1n) is 7.71. The third-order valence-electron chi connectivity index (χ3n) is 4.08. The van der Waals surface area contributed by atoms with Crippen molar-refractivity contribution in [1.82, 2.24) is 24.9 Å². The van der Waals surface area contributed by atoms with Gasteiger partial charge in [-0.3, -0.25) is 4.79 Å². The highest BCUT2D eigenvalue weighted by molar-refractivity contribution is 7.09. The number of methoxy groups -OCH3 is 1. The molecule has 0 aliphatic carbocycles. The normalized spacial score (nSPS) is 19.3. The molecule has 0 radical (unpaired) electrons. The molecule has 0 N–H and O–H groups in total. The lowest BCUT2D eigenvalue weighted by atomic mass is 10.2. The molecule has 1 saturated heterocycles. The third kappa shape index (κ3) is 3.59. The summed E-state index contributed by atoms with van der Waals surface area (Å²) in [6.45, 7) is 5.37. The molecule has 0 saturated carbocycles. The predicted molar refractivity (Wildman–Crippen MR) is 86.6 cm³/mol. The van der Waals surface area contributed by atoms with E-state index in [0.29, 0.717) is 18.8 Å². The van der Waals surface area contributed by atoms with Gasteiger partial charge in [-0.1, -0.05) is 5.21 Å². The monoisotopic (exact) mass is 335 g/mol. The van der Waals surface area contributed by atoms with Crippen molar-refractivity contribution in [2.24, 2.45) is 0 Å². The number of amides is 1. The Hall–Kier alpha value is -1.80. The summed E-state index contributed by atoms with van der Waals surface area (Å²) in [7, 11) is 1.68. The van der Waals surface area contributed by atoms with Gasteiger partial charge in [0.1, 0.15) is 0 Å². The fraction of sp³-hybridized carbons (Fsp3) is 0.600. The zero-order chi connectivity index (χ0) is 16.4. The second-order valence-corrected chi connectivity index (χ2v) is 6.86. The van der Waals surface area contributed by atoms with Crippen LogP contribution in [0.4, 0.5) is 0 Å². The Morgan fingerprint density at radius 2 is 2.39 bits per heavy atom. The second kappa shape index (κ2) is 6.76. The zero-order valence-corrected chi connectivity index (χ0v) is 14.4. The zero-order valence-electron chi connectivity index (χ0n) is 13.6. The van der Waals surface area contributed by atoms with E-state index >= 15 is 0 Å². The molecule has 124 valence electrons. The van der Waals surface area contributed by atoms with E-state index in [9.17, 15) is 4.79 Å². The van der Waals surface area contributed by atoms with Crippen molar-refractivity contribution in [1.29, 1.82) is 0 Å². The van der Waals surface area contributed by atoms with Gasteiger partial charge in [0.15, 0.2) is 5.69 Å². The van der Waals surface area contributed by atoms with E-state index < -0.39 is 0 Å². The van der Waals surface area contributed by atoms with E-state index in [-0.39, 0.29) is 18.1 Å². The van der Waals surface area contributed by atoms with Gasteiger partial charge in [0, 0.05) is 37.7 Å². The van der Waals surface area contributed by atoms with Crippen LogP contribution in [0.1, 0.15) is 40.6 Å². The van der Waals surface area contributed by atoms with Crippen LogP contribution in [0.25, 0.3) is 0 Å². The van der Waals surface area contributed by atoms with Gasteiger partial charge in [0.2, 0.25) is 0 Å². The fourth-order valence-electron chi connectivity index (χ4n) is 2.70. The molecule has 7 nitrogen and oxygen atoms in total. The topological polar surface area (TPSA) is 73.1 Å². The van der Waals surface area contributed by atoms with Gasteiger partial charge in [-0.15, -0.1) is 16.4 Å². The van der Waals surface area contributed by atoms with Crippen LogP contribution in [0.15, 0.2) is 11.6 Å². The minimum atomic E-state index is -0.0758. The Labute approximate surface area is 139 Å². The summed E-state index contributed by atoms with van der Waals surface area (Å²) in [5.41, 5.74) is 1.43. The average Bonchev–Trinajstić information content (AvgIpc) is 3.27. The van der Waals surface area contributed by atoms with Crippen LogP contribution in [-0.4, -0.2) is 57.1 Å². The van der Waals surface area contributed by atoms with E-state index in [2.05, 4.69) is 22.2 Å². The van der Waals surface area contributed by atoms with Crippen molar-refractivity contribution < 1.29 is 9.53 Å². The number of carbonyl (C=O) groups is 1. The highest BCUT2D eigenvalue weighted by atomic mass is 32.1. The number of aromatic nitrogens is 4. The first-order chi connectivity index (χ1) is 11.1. The third-order valence-corrected chi connectivity index (χ3v) is 5.07. The lowest BCUT2D eigenvalue weighted by molar-refractivity contribution is 0.0719. The SMILES string of the molecule is COC1CCN(C(=O)c2cn(C(C)Cc3nc(C)cs3)nn2)C1. The van der Waals surface area contributed by atoms with Crippen LogP contribution >= 0.6 is 11.3 Å². The van der Waals surface area contributed by atoms with Crippen molar-refractivity contribution >= 4 is 17.2 Å². The molecule has 3 rings (SSSR count). The Morgan fingerprint density at radius 1 is 1.57 bits per heavy atom. The summed E-state index contributed by atoms with van der Waals surface area (Å²) in [6.07, 6.45) is 3.51. The average molecular weight is 335 g/mol. The van der Waals surface area contributed by atoms with Gasteiger partial charge in [-0.2, -0.15) is 0 Å². The number of aryl methyl sites for hydroxylation is 1. The molecule has 0 spiro atoms. The molecule has 0 aromatic carbocycles. The maximum atomic E-state index is 12.5. The van der Waals surface area contributed by atoms with Gasteiger partial charge < -0.3 is 9.64 Å². The van der Waals surface area contributed by atoms with Crippen LogP contribution < -0.4 is 0 Å². The van der Waals surface area contributed by atoms with E-state index in [1.54, 1.807) is 34.2 Å². The largest absolute Gasteiger partial charge is 0.380 e. The molecule has 1 aliphatic rings. The molecule has 8 heteroatoms. The molecule has 0 bridgehead atoms. The Bertz CT molecular complexity index is 683. The molecule has 3 heterocycles. The fourth-order valence-corrected chi connectivity index (χ4v) is 3.59. The number of hydrogen-bond acceptors (Lipinski definition) is 6. The van der Waals surface area contributed by atoms with Crippen LogP contribution in [-0.2, 0) is 11.2 Å². The van der Waals surface area contributed by atoms with E-state index in [1.807, 2.05) is 12.3 Å². The highest BCUT2D eigenvalue weighted by Crippen LogP contribution is 2.18. The Kier molecular flexibility index (Phi) is 4.72. The van der Waals surface area contributed by atoms with Crippen LogP contribution in [0, 0.1) is 6.92 Å². The summed E-state index contributed by atoms with van der Waals surface area (Å²) in [5, 5.41) is 11.3. The van der Waals surface area contributed by atoms with E-state index in [0.717, 1.165) is 23.5 Å². The van der Waals surface area contributed by atoms with Gasteiger partial charge >= 0.3 is 0 Å². The van der Waals surface area contributed by atoms with Crippen molar-refractivity contribution in [3.63, 3.8) is 0 Å². The Balaban J connectivity index is 1.64. The minimum absolute atomic E-state index is 0.0758. The maximum absolute atomic E-state index is 12.5. The van der Waals surface area contributed by atoms with Gasteiger partial charge in [0.05, 0.1) is 23.4 Å². The van der Waals surface area contributed by atoms with Gasteiger partial charge in [-0.05, 0) is 20.3 Å². The second-order valence-electron chi connectivity index (χ2n) is 5.92. The number of thiazole rings is 1. The number of likely N-dealkylation sites (tertiary alicyclic amines) is 1. The van der Waals surface area contributed by atoms with Crippen molar-refractivity contribution in [2.75, 3.05) is 20.2 Å². The Morgan fingerprint density at radius 3 is 3.04 bits per heavy atom. The van der Waals surface area contributed by atoms with Crippen LogP contribution in [0.5, 0.6) is 0 Å². The highest BCUT2D eigenvalue weighted by Gasteiger charge is 2.28. The first kappa shape index (κ1) is 16.1. The molecular formula is C15H21N5O2S. The number of nitrogens with zero attached hydrogens (tertiary/aromatic N) is 5. The van der Waals surface area contributed by atoms with Crippen molar-refractivity contribution in [3.8, 4) is 0 Å². The van der Waals surface area contributed by atoms with Gasteiger partial charge in [0.25, 0.3) is 5.91 Å². The van der Waals surface area contributed by atoms with Gasteiger partial charge in [-0.25, -0.2) is 9.67 Å². The molecule has 1 fully saturated rings. The maximum Gasteiger partial charge on any atom is 0.276 e. The number of carbonyl (C=O) groups excluding carboxylic acids is 1. The molecule has 2 unspecified atom stereocenters.